The van der Waals surface area contributed by atoms with E-state index in [1.165, 1.54) is 0 Å². The summed E-state index contributed by atoms with van der Waals surface area (Å²) in [5, 5.41) is 44.3. The number of amides is 8. The third-order valence-electron chi connectivity index (χ3n) is 13.1. The lowest BCUT2D eigenvalue weighted by Gasteiger charge is -2.02. The Morgan fingerprint density at radius 1 is 0.167 bits per heavy atom. The van der Waals surface area contributed by atoms with Gasteiger partial charge in [-0.3, -0.25) is 38.4 Å². The van der Waals surface area contributed by atoms with Crippen LogP contribution in [0, 0.1) is 0 Å². The van der Waals surface area contributed by atoms with E-state index in [4.69, 9.17) is 0 Å². The SMILES string of the molecule is CNC(=O)c1cccc(NC)c1.CNC(=O)c1cccc(NC)c1.CNC(=O)c1cccc(NC)c1.CNC(=O)c1cccc(NC)c1.CNC(=O)c1cccc(NC)c1.CNC(=O)c1cccc(NC)c1.CNC(=O)c1cccc(NC)c1.CNC(=O)c1cccc(NC)c1. The molecule has 16 N–H and O–H groups in total. The van der Waals surface area contributed by atoms with E-state index in [2.05, 4.69) is 85.1 Å². The molecule has 0 heterocycles. The van der Waals surface area contributed by atoms with Gasteiger partial charge in [0.05, 0.1) is 0 Å². The van der Waals surface area contributed by atoms with E-state index in [9.17, 15) is 38.4 Å². The molecule has 0 aliphatic carbocycles. The minimum absolute atomic E-state index is 0.0629. The van der Waals surface area contributed by atoms with Gasteiger partial charge >= 0.3 is 0 Å². The Morgan fingerprint density at radius 2 is 0.260 bits per heavy atom. The van der Waals surface area contributed by atoms with Crippen molar-refractivity contribution in [1.29, 1.82) is 0 Å². The molecule has 0 spiro atoms. The van der Waals surface area contributed by atoms with Crippen LogP contribution in [0.1, 0.15) is 82.9 Å². The lowest BCUT2D eigenvalue weighted by atomic mass is 10.2. The van der Waals surface area contributed by atoms with Crippen molar-refractivity contribution in [3.63, 3.8) is 0 Å². The summed E-state index contributed by atoms with van der Waals surface area (Å²) >= 11 is 0. The standard InChI is InChI=1S/8C9H12N2O/c8*1-10-8-5-3-4-7(6-8)9(12)11-2/h8*3-6,10H,1-2H3,(H,11,12). The molecule has 0 fully saturated rings. The second-order valence-electron chi connectivity index (χ2n) is 19.3. The van der Waals surface area contributed by atoms with Gasteiger partial charge in [-0.25, -0.2) is 0 Å². The van der Waals surface area contributed by atoms with Crippen molar-refractivity contribution in [2.75, 3.05) is 155 Å². The molecular formula is C72H96N16O8. The van der Waals surface area contributed by atoms with Crippen LogP contribution in [0.2, 0.25) is 0 Å². The molecule has 8 amide bonds. The van der Waals surface area contributed by atoms with Crippen LogP contribution in [-0.4, -0.2) is 160 Å². The fourth-order valence-electron chi connectivity index (χ4n) is 7.68. The van der Waals surface area contributed by atoms with Crippen LogP contribution in [0.3, 0.4) is 0 Å². The average molecular weight is 1310 g/mol. The average Bonchev–Trinajstić information content (AvgIpc) is 2.40. The second-order valence-corrected chi connectivity index (χ2v) is 19.3. The molecule has 0 aromatic heterocycles. The molecule has 0 radical (unpaired) electrons. The maximum atomic E-state index is 11.1. The molecule has 0 aliphatic heterocycles. The Kier molecular flexibility index (Phi) is 40.8. The van der Waals surface area contributed by atoms with Crippen LogP contribution in [0.25, 0.3) is 0 Å². The summed E-state index contributed by atoms with van der Waals surface area (Å²) in [6.45, 7) is 0. The summed E-state index contributed by atoms with van der Waals surface area (Å²) in [7, 11) is 27.5. The van der Waals surface area contributed by atoms with Crippen molar-refractivity contribution in [3.8, 4) is 0 Å². The highest BCUT2D eigenvalue weighted by molar-refractivity contribution is 5.98. The number of carbonyl (C=O) groups excluding carboxylic acids is 8. The number of hydrogen-bond donors (Lipinski definition) is 16. The summed E-state index contributed by atoms with van der Waals surface area (Å²) in [4.78, 5) is 89.1. The fourth-order valence-corrected chi connectivity index (χ4v) is 7.68. The van der Waals surface area contributed by atoms with E-state index < -0.39 is 0 Å². The van der Waals surface area contributed by atoms with Gasteiger partial charge < -0.3 is 85.1 Å². The highest BCUT2D eigenvalue weighted by Gasteiger charge is 2.08. The molecule has 0 saturated carbocycles. The first-order valence-corrected chi connectivity index (χ1v) is 30.2. The Labute approximate surface area is 565 Å². The van der Waals surface area contributed by atoms with Gasteiger partial charge in [0.1, 0.15) is 0 Å². The first kappa shape index (κ1) is 81.9. The summed E-state index contributed by atoms with van der Waals surface area (Å²) in [6.07, 6.45) is 0. The summed E-state index contributed by atoms with van der Waals surface area (Å²) in [6, 6.07) is 58.7. The zero-order chi connectivity index (χ0) is 71.8. The molecule has 0 saturated heterocycles. The van der Waals surface area contributed by atoms with Crippen molar-refractivity contribution >= 4 is 92.8 Å². The minimum atomic E-state index is -0.0629. The first-order valence-electron chi connectivity index (χ1n) is 30.2. The number of anilines is 8. The number of carbonyl (C=O) groups is 8. The number of rotatable bonds is 16. The number of benzene rings is 8. The van der Waals surface area contributed by atoms with Crippen LogP contribution in [-0.2, 0) is 0 Å². The molecule has 8 rings (SSSR count). The van der Waals surface area contributed by atoms with Crippen molar-refractivity contribution in [1.82, 2.24) is 42.5 Å². The molecule has 8 aromatic carbocycles. The smallest absolute Gasteiger partial charge is 0.251 e. The zero-order valence-electron chi connectivity index (χ0n) is 57.7. The maximum Gasteiger partial charge on any atom is 0.251 e. The van der Waals surface area contributed by atoms with Crippen molar-refractivity contribution in [2.45, 2.75) is 0 Å². The van der Waals surface area contributed by atoms with Crippen LogP contribution in [0.5, 0.6) is 0 Å². The Balaban J connectivity index is 0.000000549. The third-order valence-corrected chi connectivity index (χ3v) is 13.1. The quantitative estimate of drug-likeness (QED) is 0.0430. The van der Waals surface area contributed by atoms with Gasteiger partial charge in [0.15, 0.2) is 0 Å². The molecule has 0 bridgehead atoms. The van der Waals surface area contributed by atoms with Gasteiger partial charge in [0, 0.05) is 203 Å². The summed E-state index contributed by atoms with van der Waals surface area (Å²) < 4.78 is 0. The predicted molar refractivity (Wildman–Crippen MR) is 395 cm³/mol. The van der Waals surface area contributed by atoms with Gasteiger partial charge in [-0.2, -0.15) is 0 Å². The molecular weight excluding hydrogens is 1220 g/mol. The largest absolute Gasteiger partial charge is 0.388 e. The van der Waals surface area contributed by atoms with E-state index in [0.717, 1.165) is 45.5 Å². The van der Waals surface area contributed by atoms with E-state index in [1.54, 1.807) is 153 Å². The Hall–Kier alpha value is -12.1. The Morgan fingerprint density at radius 3 is 0.333 bits per heavy atom. The van der Waals surface area contributed by atoms with E-state index in [1.807, 2.05) is 153 Å². The van der Waals surface area contributed by atoms with Crippen LogP contribution in [0.15, 0.2) is 194 Å². The topological polar surface area (TPSA) is 329 Å². The maximum absolute atomic E-state index is 11.1. The summed E-state index contributed by atoms with van der Waals surface area (Å²) in [5.74, 6) is -0.503. The zero-order valence-corrected chi connectivity index (χ0v) is 57.7. The summed E-state index contributed by atoms with van der Waals surface area (Å²) in [5.41, 5.74) is 12.9. The van der Waals surface area contributed by atoms with Gasteiger partial charge in [0.25, 0.3) is 47.3 Å². The van der Waals surface area contributed by atoms with Crippen LogP contribution in [0.4, 0.5) is 45.5 Å². The van der Waals surface area contributed by atoms with Gasteiger partial charge in [0.2, 0.25) is 0 Å². The lowest BCUT2D eigenvalue weighted by molar-refractivity contribution is 0.0955. The number of hydrogen-bond acceptors (Lipinski definition) is 16. The van der Waals surface area contributed by atoms with E-state index >= 15 is 0 Å². The number of nitrogens with one attached hydrogen (secondary N) is 16. The first-order chi connectivity index (χ1) is 46.2. The molecule has 8 aromatic rings. The van der Waals surface area contributed by atoms with E-state index in [0.29, 0.717) is 44.5 Å². The van der Waals surface area contributed by atoms with Crippen LogP contribution < -0.4 is 85.1 Å². The molecule has 96 heavy (non-hydrogen) atoms. The minimum Gasteiger partial charge on any atom is -0.388 e. The van der Waals surface area contributed by atoms with Gasteiger partial charge in [-0.05, 0) is 146 Å². The van der Waals surface area contributed by atoms with E-state index in [-0.39, 0.29) is 47.3 Å². The molecule has 0 atom stereocenters. The monoisotopic (exact) mass is 1310 g/mol. The predicted octanol–water partition coefficient (Wildman–Crippen LogP) is 8.70. The third kappa shape index (κ3) is 30.8. The molecule has 24 heteroatoms. The molecule has 0 aliphatic rings. The van der Waals surface area contributed by atoms with Crippen molar-refractivity contribution < 1.29 is 38.4 Å². The second kappa shape index (κ2) is 47.8. The highest BCUT2D eigenvalue weighted by Crippen LogP contribution is 2.15. The van der Waals surface area contributed by atoms with Crippen molar-refractivity contribution in [2.24, 2.45) is 0 Å². The van der Waals surface area contributed by atoms with Crippen LogP contribution >= 0.6 is 0 Å². The fraction of sp³-hybridized carbons (Fsp3) is 0.222. The Bertz CT molecular complexity index is 2980. The highest BCUT2D eigenvalue weighted by atomic mass is 16.2. The lowest BCUT2D eigenvalue weighted by Crippen LogP contribution is -2.17. The molecule has 0 unspecified atom stereocenters. The van der Waals surface area contributed by atoms with Gasteiger partial charge in [-0.1, -0.05) is 48.5 Å². The van der Waals surface area contributed by atoms with Gasteiger partial charge in [-0.15, -0.1) is 0 Å². The van der Waals surface area contributed by atoms with Crippen molar-refractivity contribution in [3.05, 3.63) is 239 Å². The molecule has 24 nitrogen and oxygen atoms in total. The normalized spacial score (nSPS) is 9.17. The molecule has 512 valence electrons.